The van der Waals surface area contributed by atoms with Gasteiger partial charge in [-0.05, 0) is 25.5 Å². The highest BCUT2D eigenvalue weighted by Crippen LogP contribution is 2.44. The molecule has 0 aliphatic rings. The summed E-state index contributed by atoms with van der Waals surface area (Å²) in [5, 5.41) is 11.0. The predicted octanol–water partition coefficient (Wildman–Crippen LogP) is 3.42. The molecule has 4 aromatic rings. The Morgan fingerprint density at radius 2 is 1.70 bits per heavy atom. The Balaban J connectivity index is 2.02. The van der Waals surface area contributed by atoms with E-state index in [9.17, 15) is 22.8 Å². The number of amides is 2. The maximum Gasteiger partial charge on any atom is 0.433 e. The molecule has 172 valence electrons. The zero-order valence-electron chi connectivity index (χ0n) is 17.9. The van der Waals surface area contributed by atoms with Gasteiger partial charge >= 0.3 is 6.18 Å². The summed E-state index contributed by atoms with van der Waals surface area (Å²) in [7, 11) is 3.31. The average Bonchev–Trinajstić information content (AvgIpc) is 3.37. The van der Waals surface area contributed by atoms with E-state index in [0.29, 0.717) is 28.3 Å². The first-order valence-electron chi connectivity index (χ1n) is 9.53. The van der Waals surface area contributed by atoms with E-state index in [0.717, 1.165) is 6.07 Å². The lowest BCUT2D eigenvalue weighted by molar-refractivity contribution is -0.140. The summed E-state index contributed by atoms with van der Waals surface area (Å²) < 4.78 is 43.8. The number of nitrogens with two attached hydrogens (primary N) is 1. The number of alkyl halides is 3. The Kier molecular flexibility index (Phi) is 5.23. The molecule has 0 aromatic carbocycles. The smallest absolute Gasteiger partial charge is 0.365 e. The van der Waals surface area contributed by atoms with Crippen molar-refractivity contribution >= 4 is 39.1 Å². The van der Waals surface area contributed by atoms with Crippen molar-refractivity contribution in [1.82, 2.24) is 24.5 Å². The van der Waals surface area contributed by atoms with Crippen LogP contribution in [0.3, 0.4) is 0 Å². The lowest BCUT2D eigenvalue weighted by atomic mass is 10.0. The number of pyridine rings is 1. The molecule has 4 heterocycles. The molecule has 0 unspecified atom stereocenters. The zero-order valence-corrected chi connectivity index (χ0v) is 18.7. The number of primary amides is 1. The highest BCUT2D eigenvalue weighted by Gasteiger charge is 2.35. The van der Waals surface area contributed by atoms with Gasteiger partial charge in [0.15, 0.2) is 0 Å². The summed E-state index contributed by atoms with van der Waals surface area (Å²) in [4.78, 5) is 28.7. The molecule has 0 aliphatic heterocycles. The van der Waals surface area contributed by atoms with Gasteiger partial charge in [-0.1, -0.05) is 0 Å². The quantitative estimate of drug-likeness (QED) is 0.467. The van der Waals surface area contributed by atoms with Crippen molar-refractivity contribution in [3.05, 3.63) is 46.0 Å². The summed E-state index contributed by atoms with van der Waals surface area (Å²) in [5.74, 6) is -1.49. The number of carbonyl (C=O) groups excluding carboxylic acids is 2. The summed E-state index contributed by atoms with van der Waals surface area (Å²) >= 11 is 0.682. The normalized spacial score (nSPS) is 11.8. The molecule has 4 aromatic heterocycles. The van der Waals surface area contributed by atoms with Crippen molar-refractivity contribution in [2.75, 3.05) is 5.32 Å². The van der Waals surface area contributed by atoms with Gasteiger partial charge < -0.3 is 11.1 Å². The van der Waals surface area contributed by atoms with Crippen LogP contribution in [0.15, 0.2) is 18.5 Å². The number of anilines is 1. The lowest BCUT2D eigenvalue weighted by Gasteiger charge is -2.12. The van der Waals surface area contributed by atoms with Gasteiger partial charge in [-0.25, -0.2) is 4.98 Å². The fourth-order valence-electron chi connectivity index (χ4n) is 3.41. The molecule has 13 heteroatoms. The maximum atomic E-state index is 13.6. The van der Waals surface area contributed by atoms with Crippen LogP contribution in [0.2, 0.25) is 0 Å². The Labute approximate surface area is 189 Å². The monoisotopic (exact) mass is 477 g/mol. The zero-order chi connectivity index (χ0) is 24.2. The fourth-order valence-corrected chi connectivity index (χ4v) is 4.42. The number of nitrogens with one attached hydrogen (secondary N) is 1. The first-order valence-corrected chi connectivity index (χ1v) is 10.3. The Hall–Kier alpha value is -3.74. The van der Waals surface area contributed by atoms with Gasteiger partial charge in [0.1, 0.15) is 15.4 Å². The second kappa shape index (κ2) is 7.69. The SMILES string of the molecule is Cc1c(C(=O)Nc2c(C(N)=O)sc3nc(C(F)(F)F)cc(-c4cnn(C)c4C)c23)cnn1C. The van der Waals surface area contributed by atoms with Crippen LogP contribution in [0.1, 0.15) is 37.1 Å². The van der Waals surface area contributed by atoms with E-state index in [2.05, 4.69) is 20.5 Å². The highest BCUT2D eigenvalue weighted by atomic mass is 32.1. The van der Waals surface area contributed by atoms with Gasteiger partial charge in [0.05, 0.1) is 23.6 Å². The van der Waals surface area contributed by atoms with E-state index < -0.39 is 23.7 Å². The van der Waals surface area contributed by atoms with Gasteiger partial charge in [0.25, 0.3) is 11.8 Å². The summed E-state index contributed by atoms with van der Waals surface area (Å²) in [6, 6.07) is 0.884. The van der Waals surface area contributed by atoms with E-state index in [4.69, 9.17) is 5.73 Å². The molecule has 3 N–H and O–H groups in total. The van der Waals surface area contributed by atoms with E-state index in [1.165, 1.54) is 21.8 Å². The second-order valence-corrected chi connectivity index (χ2v) is 8.39. The van der Waals surface area contributed by atoms with Gasteiger partial charge in [0, 0.05) is 36.4 Å². The van der Waals surface area contributed by atoms with Crippen molar-refractivity contribution in [3.8, 4) is 11.1 Å². The standard InChI is InChI=1S/C20H18F3N7O2S/c1-8-11(6-25-29(8)3)10-5-13(20(21,22)23)27-19-14(10)15(16(33-19)17(24)31)28-18(32)12-7-26-30(4)9(12)2/h5-7H,1-4H3,(H2,24,31)(H,28,32). The molecular formula is C20H18F3N7O2S. The number of fused-ring (bicyclic) bond motifs is 1. The Bertz CT molecular complexity index is 1430. The van der Waals surface area contributed by atoms with E-state index in [-0.39, 0.29) is 31.9 Å². The minimum atomic E-state index is -4.73. The lowest BCUT2D eigenvalue weighted by Crippen LogP contribution is -2.17. The molecule has 0 fully saturated rings. The topological polar surface area (TPSA) is 121 Å². The van der Waals surface area contributed by atoms with E-state index >= 15 is 0 Å². The molecular weight excluding hydrogens is 459 g/mol. The molecule has 0 radical (unpaired) electrons. The van der Waals surface area contributed by atoms with Gasteiger partial charge in [-0.2, -0.15) is 23.4 Å². The number of hydrogen-bond acceptors (Lipinski definition) is 6. The Morgan fingerprint density at radius 1 is 1.06 bits per heavy atom. The maximum absolute atomic E-state index is 13.6. The summed E-state index contributed by atoms with van der Waals surface area (Å²) in [6.07, 6.45) is -1.95. The van der Waals surface area contributed by atoms with Gasteiger partial charge in [-0.15, -0.1) is 11.3 Å². The third kappa shape index (κ3) is 3.73. The van der Waals surface area contributed by atoms with Crippen LogP contribution in [0.5, 0.6) is 0 Å². The third-order valence-electron chi connectivity index (χ3n) is 5.42. The molecule has 9 nitrogen and oxygen atoms in total. The van der Waals surface area contributed by atoms with Crippen molar-refractivity contribution in [2.24, 2.45) is 19.8 Å². The number of aryl methyl sites for hydroxylation is 2. The first kappa shape index (κ1) is 22.5. The van der Waals surface area contributed by atoms with Crippen LogP contribution >= 0.6 is 11.3 Å². The molecule has 0 atom stereocenters. The third-order valence-corrected chi connectivity index (χ3v) is 6.52. The highest BCUT2D eigenvalue weighted by molar-refractivity contribution is 7.21. The van der Waals surface area contributed by atoms with Crippen molar-refractivity contribution in [1.29, 1.82) is 0 Å². The van der Waals surface area contributed by atoms with Crippen molar-refractivity contribution < 1.29 is 22.8 Å². The second-order valence-electron chi connectivity index (χ2n) is 7.39. The van der Waals surface area contributed by atoms with Crippen molar-refractivity contribution in [2.45, 2.75) is 20.0 Å². The van der Waals surface area contributed by atoms with Crippen LogP contribution < -0.4 is 11.1 Å². The number of thiophene rings is 1. The molecule has 0 aliphatic carbocycles. The molecule has 33 heavy (non-hydrogen) atoms. The minimum absolute atomic E-state index is 0.00442. The number of aromatic nitrogens is 5. The van der Waals surface area contributed by atoms with Crippen LogP contribution in [0.4, 0.5) is 18.9 Å². The van der Waals surface area contributed by atoms with Crippen LogP contribution in [0.25, 0.3) is 21.3 Å². The molecule has 0 saturated carbocycles. The van der Waals surface area contributed by atoms with Crippen LogP contribution in [0, 0.1) is 13.8 Å². The van der Waals surface area contributed by atoms with Crippen LogP contribution in [-0.4, -0.2) is 36.4 Å². The summed E-state index contributed by atoms with van der Waals surface area (Å²) in [5.41, 5.74) is 6.29. The number of rotatable bonds is 4. The van der Waals surface area contributed by atoms with E-state index in [1.54, 1.807) is 27.9 Å². The van der Waals surface area contributed by atoms with E-state index in [1.807, 2.05) is 0 Å². The average molecular weight is 477 g/mol. The number of halogens is 3. The molecule has 0 saturated heterocycles. The van der Waals surface area contributed by atoms with Crippen LogP contribution in [-0.2, 0) is 20.3 Å². The first-order chi connectivity index (χ1) is 15.4. The predicted molar refractivity (Wildman–Crippen MR) is 116 cm³/mol. The van der Waals surface area contributed by atoms with Gasteiger partial charge in [0.2, 0.25) is 0 Å². The van der Waals surface area contributed by atoms with Gasteiger partial charge in [-0.3, -0.25) is 19.0 Å². The summed E-state index contributed by atoms with van der Waals surface area (Å²) in [6.45, 7) is 3.38. The molecule has 0 bridgehead atoms. The Morgan fingerprint density at radius 3 is 2.21 bits per heavy atom. The number of nitrogens with zero attached hydrogens (tertiary/aromatic N) is 5. The number of carbonyl (C=O) groups is 2. The largest absolute Gasteiger partial charge is 0.433 e. The fraction of sp³-hybridized carbons (Fsp3) is 0.250. The molecule has 0 spiro atoms. The van der Waals surface area contributed by atoms with Crippen molar-refractivity contribution in [3.63, 3.8) is 0 Å². The molecule has 4 rings (SSSR count). The number of hydrogen-bond donors (Lipinski definition) is 2. The minimum Gasteiger partial charge on any atom is -0.365 e. The molecule has 2 amide bonds.